The van der Waals surface area contributed by atoms with Crippen molar-refractivity contribution in [3.8, 4) is 0 Å². The lowest BCUT2D eigenvalue weighted by molar-refractivity contribution is -0.123. The van der Waals surface area contributed by atoms with Crippen LogP contribution in [0, 0.1) is 5.92 Å². The van der Waals surface area contributed by atoms with E-state index in [0.29, 0.717) is 24.9 Å². The molecule has 5 nitrogen and oxygen atoms in total. The van der Waals surface area contributed by atoms with Crippen molar-refractivity contribution in [1.82, 2.24) is 10.2 Å². The second kappa shape index (κ2) is 5.77. The Labute approximate surface area is 114 Å². The first-order valence-corrected chi connectivity index (χ1v) is 7.60. The Balaban J connectivity index is 1.36. The number of nitrogens with two attached hydrogens (primary N) is 1. The number of carbonyl (C=O) groups excluding carboxylic acids is 1. The highest BCUT2D eigenvalue weighted by atomic mass is 16.5. The van der Waals surface area contributed by atoms with Crippen molar-refractivity contribution in [3.05, 3.63) is 0 Å². The number of hydrogen-bond donors (Lipinski definition) is 2. The van der Waals surface area contributed by atoms with Gasteiger partial charge in [0.15, 0.2) is 0 Å². The van der Waals surface area contributed by atoms with E-state index in [9.17, 15) is 4.79 Å². The van der Waals surface area contributed by atoms with Crippen molar-refractivity contribution in [2.75, 3.05) is 26.2 Å². The zero-order valence-corrected chi connectivity index (χ0v) is 11.5. The third kappa shape index (κ3) is 3.46. The molecule has 3 aliphatic rings. The van der Waals surface area contributed by atoms with Crippen molar-refractivity contribution >= 4 is 5.91 Å². The van der Waals surface area contributed by atoms with Gasteiger partial charge in [-0.3, -0.25) is 9.69 Å². The zero-order chi connectivity index (χ0) is 13.2. The summed E-state index contributed by atoms with van der Waals surface area (Å²) in [6, 6.07) is 0.672. The van der Waals surface area contributed by atoms with Crippen LogP contribution in [0.5, 0.6) is 0 Å². The van der Waals surface area contributed by atoms with Gasteiger partial charge in [0.25, 0.3) is 0 Å². The highest BCUT2D eigenvalue weighted by molar-refractivity contribution is 5.76. The van der Waals surface area contributed by atoms with Crippen LogP contribution >= 0.6 is 0 Å². The summed E-state index contributed by atoms with van der Waals surface area (Å²) in [5, 5.41) is 2.98. The van der Waals surface area contributed by atoms with E-state index >= 15 is 0 Å². The summed E-state index contributed by atoms with van der Waals surface area (Å²) in [5.41, 5.74) is 5.96. The largest absolute Gasteiger partial charge is 0.373 e. The van der Waals surface area contributed by atoms with Gasteiger partial charge in [-0.2, -0.15) is 0 Å². The second-order valence-corrected chi connectivity index (χ2v) is 6.26. The number of hydrogen-bond acceptors (Lipinski definition) is 4. The lowest BCUT2D eigenvalue weighted by Gasteiger charge is -2.35. The molecule has 2 heterocycles. The highest BCUT2D eigenvalue weighted by Crippen LogP contribution is 2.32. The molecule has 1 saturated carbocycles. The van der Waals surface area contributed by atoms with E-state index in [1.165, 1.54) is 32.2 Å². The Morgan fingerprint density at radius 2 is 2.26 bits per heavy atom. The Morgan fingerprint density at radius 3 is 3.05 bits per heavy atom. The standard InChI is InChI=1S/C14H25N3O2/c15-13(10-3-4-10)6-14(18)16-7-12-8-17-5-1-2-11(17)9-19-12/h10-13H,1-9,15H2,(H,16,18). The van der Waals surface area contributed by atoms with E-state index in [2.05, 4.69) is 10.2 Å². The van der Waals surface area contributed by atoms with E-state index in [1.807, 2.05) is 0 Å². The van der Waals surface area contributed by atoms with Gasteiger partial charge >= 0.3 is 0 Å². The molecule has 0 spiro atoms. The van der Waals surface area contributed by atoms with Gasteiger partial charge in [-0.15, -0.1) is 0 Å². The molecule has 2 saturated heterocycles. The van der Waals surface area contributed by atoms with Crippen LogP contribution in [-0.4, -0.2) is 55.2 Å². The molecule has 3 rings (SSSR count). The maximum Gasteiger partial charge on any atom is 0.221 e. The van der Waals surface area contributed by atoms with Gasteiger partial charge in [-0.05, 0) is 38.1 Å². The number of carbonyl (C=O) groups is 1. The molecule has 19 heavy (non-hydrogen) atoms. The van der Waals surface area contributed by atoms with Gasteiger partial charge in [0.2, 0.25) is 5.91 Å². The average Bonchev–Trinajstić information content (AvgIpc) is 3.15. The molecule has 1 amide bonds. The minimum Gasteiger partial charge on any atom is -0.373 e. The van der Waals surface area contributed by atoms with E-state index in [0.717, 1.165) is 13.2 Å². The first kappa shape index (κ1) is 13.3. The number of amides is 1. The second-order valence-electron chi connectivity index (χ2n) is 6.26. The highest BCUT2D eigenvalue weighted by Gasteiger charge is 2.33. The van der Waals surface area contributed by atoms with Gasteiger partial charge < -0.3 is 15.8 Å². The summed E-state index contributed by atoms with van der Waals surface area (Å²) in [6.45, 7) is 3.59. The lowest BCUT2D eigenvalue weighted by Crippen LogP contribution is -2.50. The minimum atomic E-state index is 0.0511. The molecule has 108 valence electrons. The third-order valence-electron chi connectivity index (χ3n) is 4.64. The Morgan fingerprint density at radius 1 is 1.42 bits per heavy atom. The summed E-state index contributed by atoms with van der Waals surface area (Å²) in [5.74, 6) is 0.661. The quantitative estimate of drug-likeness (QED) is 0.741. The fourth-order valence-corrected chi connectivity index (χ4v) is 3.21. The number of ether oxygens (including phenoxy) is 1. The molecule has 0 aromatic rings. The number of nitrogens with one attached hydrogen (secondary N) is 1. The van der Waals surface area contributed by atoms with Crippen LogP contribution in [0.4, 0.5) is 0 Å². The number of rotatable bonds is 5. The first-order chi connectivity index (χ1) is 9.22. The minimum absolute atomic E-state index is 0.0511. The molecule has 3 atom stereocenters. The molecule has 1 aliphatic carbocycles. The van der Waals surface area contributed by atoms with Crippen molar-refractivity contribution in [3.63, 3.8) is 0 Å². The molecular weight excluding hydrogens is 242 g/mol. The van der Waals surface area contributed by atoms with Crippen LogP contribution in [0.1, 0.15) is 32.1 Å². The fourth-order valence-electron chi connectivity index (χ4n) is 3.21. The molecule has 0 bridgehead atoms. The molecule has 3 fully saturated rings. The van der Waals surface area contributed by atoms with Crippen molar-refractivity contribution < 1.29 is 9.53 Å². The SMILES string of the molecule is NC(CC(=O)NCC1CN2CCCC2CO1)C1CC1. The van der Waals surface area contributed by atoms with Gasteiger partial charge in [-0.1, -0.05) is 0 Å². The predicted molar refractivity (Wildman–Crippen MR) is 72.7 cm³/mol. The maximum atomic E-state index is 11.8. The lowest BCUT2D eigenvalue weighted by atomic mass is 10.1. The van der Waals surface area contributed by atoms with E-state index < -0.39 is 0 Å². The summed E-state index contributed by atoms with van der Waals surface area (Å²) in [6.07, 6.45) is 5.53. The molecule has 2 aliphatic heterocycles. The fraction of sp³-hybridized carbons (Fsp3) is 0.929. The third-order valence-corrected chi connectivity index (χ3v) is 4.64. The summed E-state index contributed by atoms with van der Waals surface area (Å²) >= 11 is 0. The Kier molecular flexibility index (Phi) is 4.05. The van der Waals surface area contributed by atoms with Gasteiger partial charge in [-0.25, -0.2) is 0 Å². The van der Waals surface area contributed by atoms with Crippen molar-refractivity contribution in [2.45, 2.75) is 50.3 Å². The summed E-state index contributed by atoms with van der Waals surface area (Å²) in [4.78, 5) is 14.3. The van der Waals surface area contributed by atoms with Crippen molar-refractivity contribution in [1.29, 1.82) is 0 Å². The van der Waals surface area contributed by atoms with E-state index in [1.54, 1.807) is 0 Å². The van der Waals surface area contributed by atoms with E-state index in [-0.39, 0.29) is 18.1 Å². The van der Waals surface area contributed by atoms with Gasteiger partial charge in [0.05, 0.1) is 12.7 Å². The van der Waals surface area contributed by atoms with Crippen LogP contribution in [0.3, 0.4) is 0 Å². The molecule has 5 heteroatoms. The topological polar surface area (TPSA) is 67.6 Å². The smallest absolute Gasteiger partial charge is 0.221 e. The Hall–Kier alpha value is -0.650. The molecule has 0 aromatic heterocycles. The van der Waals surface area contributed by atoms with Crippen molar-refractivity contribution in [2.24, 2.45) is 11.7 Å². The molecule has 0 radical (unpaired) electrons. The van der Waals surface area contributed by atoms with E-state index in [4.69, 9.17) is 10.5 Å². The van der Waals surface area contributed by atoms with Crippen LogP contribution in [0.15, 0.2) is 0 Å². The first-order valence-electron chi connectivity index (χ1n) is 7.60. The maximum absolute atomic E-state index is 11.8. The monoisotopic (exact) mass is 267 g/mol. The Bertz CT molecular complexity index is 333. The van der Waals surface area contributed by atoms with Gasteiger partial charge in [0, 0.05) is 31.6 Å². The normalized spacial score (nSPS) is 32.9. The predicted octanol–water partition coefficient (Wildman–Crippen LogP) is 0.0932. The zero-order valence-electron chi connectivity index (χ0n) is 11.5. The molecule has 3 unspecified atom stereocenters. The molecule has 3 N–H and O–H groups in total. The number of morpholine rings is 1. The number of fused-ring (bicyclic) bond motifs is 1. The number of nitrogens with zero attached hydrogens (tertiary/aromatic N) is 1. The van der Waals surface area contributed by atoms with Crippen LogP contribution in [0.25, 0.3) is 0 Å². The van der Waals surface area contributed by atoms with Gasteiger partial charge in [0.1, 0.15) is 0 Å². The summed E-state index contributed by atoms with van der Waals surface area (Å²) < 4.78 is 5.82. The average molecular weight is 267 g/mol. The summed E-state index contributed by atoms with van der Waals surface area (Å²) in [7, 11) is 0. The molecule has 0 aromatic carbocycles. The molecular formula is C14H25N3O2. The van der Waals surface area contributed by atoms with Crippen LogP contribution < -0.4 is 11.1 Å². The van der Waals surface area contributed by atoms with Crippen LogP contribution in [-0.2, 0) is 9.53 Å². The van der Waals surface area contributed by atoms with Crippen LogP contribution in [0.2, 0.25) is 0 Å².